The molecule has 2 heterocycles. The van der Waals surface area contributed by atoms with E-state index in [9.17, 15) is 14.4 Å². The third-order valence-corrected chi connectivity index (χ3v) is 3.96. The Kier molecular flexibility index (Phi) is 3.13. The largest absolute Gasteiger partial charge is 0.465 e. The Morgan fingerprint density at radius 3 is 2.33 bits per heavy atom. The highest BCUT2D eigenvalue weighted by molar-refractivity contribution is 6.21. The highest BCUT2D eigenvalue weighted by Crippen LogP contribution is 2.25. The van der Waals surface area contributed by atoms with Gasteiger partial charge in [0.25, 0.3) is 11.8 Å². The Bertz CT molecular complexity index is 595. The van der Waals surface area contributed by atoms with Crippen molar-refractivity contribution in [1.82, 2.24) is 9.80 Å². The van der Waals surface area contributed by atoms with Gasteiger partial charge in [-0.05, 0) is 18.6 Å². The van der Waals surface area contributed by atoms with Crippen molar-refractivity contribution in [3.8, 4) is 0 Å². The van der Waals surface area contributed by atoms with Crippen LogP contribution >= 0.6 is 0 Å². The SMILES string of the molecule is NC1CC(CN2C(=O)c3ccccc3C2=O)N(C(=O)O)C1. The quantitative estimate of drug-likeness (QED) is 0.765. The summed E-state index contributed by atoms with van der Waals surface area (Å²) in [6, 6.07) is 5.89. The highest BCUT2D eigenvalue weighted by atomic mass is 16.4. The molecule has 2 atom stereocenters. The first-order chi connectivity index (χ1) is 9.99. The fraction of sp³-hybridized carbons (Fsp3) is 0.357. The number of carbonyl (C=O) groups excluding carboxylic acids is 2. The lowest BCUT2D eigenvalue weighted by Crippen LogP contribution is -2.44. The molecule has 0 aromatic heterocycles. The van der Waals surface area contributed by atoms with Gasteiger partial charge in [0.05, 0.1) is 17.2 Å². The van der Waals surface area contributed by atoms with Gasteiger partial charge in [-0.25, -0.2) is 4.79 Å². The van der Waals surface area contributed by atoms with E-state index in [-0.39, 0.29) is 30.9 Å². The predicted molar refractivity (Wildman–Crippen MR) is 72.9 cm³/mol. The molecule has 1 saturated heterocycles. The van der Waals surface area contributed by atoms with Gasteiger partial charge in [-0.2, -0.15) is 0 Å². The van der Waals surface area contributed by atoms with Crippen molar-refractivity contribution in [2.75, 3.05) is 13.1 Å². The molecule has 1 aromatic rings. The van der Waals surface area contributed by atoms with Crippen LogP contribution in [0.4, 0.5) is 4.79 Å². The first-order valence-corrected chi connectivity index (χ1v) is 6.69. The number of carbonyl (C=O) groups is 3. The van der Waals surface area contributed by atoms with Crippen LogP contribution < -0.4 is 5.73 Å². The van der Waals surface area contributed by atoms with E-state index in [4.69, 9.17) is 10.8 Å². The van der Waals surface area contributed by atoms with Crippen molar-refractivity contribution < 1.29 is 19.5 Å². The van der Waals surface area contributed by atoms with E-state index in [0.29, 0.717) is 17.5 Å². The number of amides is 3. The minimum absolute atomic E-state index is 0.0480. The van der Waals surface area contributed by atoms with Crippen molar-refractivity contribution in [3.05, 3.63) is 35.4 Å². The maximum absolute atomic E-state index is 12.3. The summed E-state index contributed by atoms with van der Waals surface area (Å²) in [5.41, 5.74) is 6.52. The van der Waals surface area contributed by atoms with Gasteiger partial charge in [0, 0.05) is 19.1 Å². The molecule has 3 rings (SSSR count). The lowest BCUT2D eigenvalue weighted by Gasteiger charge is -2.25. The summed E-state index contributed by atoms with van der Waals surface area (Å²) in [4.78, 5) is 38.0. The fourth-order valence-corrected chi connectivity index (χ4v) is 2.98. The van der Waals surface area contributed by atoms with E-state index in [1.807, 2.05) is 0 Å². The summed E-state index contributed by atoms with van der Waals surface area (Å²) in [7, 11) is 0. The van der Waals surface area contributed by atoms with Crippen LogP contribution in [0.2, 0.25) is 0 Å². The molecule has 3 amide bonds. The predicted octanol–water partition coefficient (Wildman–Crippen LogP) is 0.362. The Balaban J connectivity index is 1.82. The summed E-state index contributed by atoms with van der Waals surface area (Å²) < 4.78 is 0. The van der Waals surface area contributed by atoms with Gasteiger partial charge in [-0.1, -0.05) is 12.1 Å². The monoisotopic (exact) mass is 289 g/mol. The normalized spacial score (nSPS) is 24.6. The van der Waals surface area contributed by atoms with Crippen LogP contribution in [0.1, 0.15) is 27.1 Å². The second-order valence-corrected chi connectivity index (χ2v) is 5.35. The van der Waals surface area contributed by atoms with Crippen molar-refractivity contribution >= 4 is 17.9 Å². The average Bonchev–Trinajstić information content (AvgIpc) is 2.94. The van der Waals surface area contributed by atoms with Crippen LogP contribution in [0.25, 0.3) is 0 Å². The molecular formula is C14H15N3O4. The molecule has 7 nitrogen and oxygen atoms in total. The smallest absolute Gasteiger partial charge is 0.407 e. The Morgan fingerprint density at radius 1 is 1.24 bits per heavy atom. The minimum Gasteiger partial charge on any atom is -0.465 e. The molecule has 0 saturated carbocycles. The number of carboxylic acid groups (broad SMARTS) is 1. The molecule has 2 aliphatic heterocycles. The number of hydrogen-bond acceptors (Lipinski definition) is 4. The Labute approximate surface area is 120 Å². The van der Waals surface area contributed by atoms with Crippen molar-refractivity contribution in [1.29, 1.82) is 0 Å². The second-order valence-electron chi connectivity index (χ2n) is 5.35. The Hall–Kier alpha value is -2.41. The maximum atomic E-state index is 12.3. The van der Waals surface area contributed by atoms with Gasteiger partial charge < -0.3 is 15.7 Å². The number of rotatable bonds is 2. The molecule has 0 spiro atoms. The molecule has 2 unspecified atom stereocenters. The molecule has 110 valence electrons. The third kappa shape index (κ3) is 2.15. The van der Waals surface area contributed by atoms with E-state index in [2.05, 4.69) is 0 Å². The standard InChI is InChI=1S/C14H15N3O4/c15-8-5-9(16(6-8)14(20)21)7-17-12(18)10-3-1-2-4-11(10)13(17)19/h1-4,8-9H,5-7,15H2,(H,20,21). The summed E-state index contributed by atoms with van der Waals surface area (Å²) >= 11 is 0. The van der Waals surface area contributed by atoms with Crippen LogP contribution in [-0.4, -0.2) is 58.0 Å². The number of hydrogen-bond donors (Lipinski definition) is 2. The van der Waals surface area contributed by atoms with Crippen molar-refractivity contribution in [3.63, 3.8) is 0 Å². The number of benzene rings is 1. The molecule has 0 radical (unpaired) electrons. The highest BCUT2D eigenvalue weighted by Gasteiger charge is 2.41. The molecule has 1 aromatic carbocycles. The average molecular weight is 289 g/mol. The topological polar surface area (TPSA) is 104 Å². The van der Waals surface area contributed by atoms with Crippen LogP contribution in [-0.2, 0) is 0 Å². The lowest BCUT2D eigenvalue weighted by atomic mass is 10.1. The van der Waals surface area contributed by atoms with Crippen LogP contribution in [0.3, 0.4) is 0 Å². The lowest BCUT2D eigenvalue weighted by molar-refractivity contribution is 0.0603. The zero-order chi connectivity index (χ0) is 15.1. The van der Waals surface area contributed by atoms with Gasteiger partial charge >= 0.3 is 6.09 Å². The number of nitrogens with two attached hydrogens (primary N) is 1. The van der Waals surface area contributed by atoms with Gasteiger partial charge in [-0.3, -0.25) is 14.5 Å². The van der Waals surface area contributed by atoms with E-state index in [0.717, 1.165) is 4.90 Å². The van der Waals surface area contributed by atoms with Gasteiger partial charge in [-0.15, -0.1) is 0 Å². The summed E-state index contributed by atoms with van der Waals surface area (Å²) in [5.74, 6) is -0.747. The fourth-order valence-electron chi connectivity index (χ4n) is 2.98. The summed E-state index contributed by atoms with van der Waals surface area (Å²) in [5, 5.41) is 9.16. The van der Waals surface area contributed by atoms with Crippen LogP contribution in [0.5, 0.6) is 0 Å². The first-order valence-electron chi connectivity index (χ1n) is 6.69. The molecule has 1 fully saturated rings. The number of fused-ring (bicyclic) bond motifs is 1. The zero-order valence-corrected chi connectivity index (χ0v) is 11.2. The number of likely N-dealkylation sites (tertiary alicyclic amines) is 1. The molecule has 7 heteroatoms. The van der Waals surface area contributed by atoms with Crippen LogP contribution in [0, 0.1) is 0 Å². The zero-order valence-electron chi connectivity index (χ0n) is 11.2. The van der Waals surface area contributed by atoms with Crippen LogP contribution in [0.15, 0.2) is 24.3 Å². The molecule has 3 N–H and O–H groups in total. The van der Waals surface area contributed by atoms with E-state index in [1.165, 1.54) is 4.90 Å². The molecule has 0 aliphatic carbocycles. The maximum Gasteiger partial charge on any atom is 0.407 e. The molecular weight excluding hydrogens is 274 g/mol. The van der Waals surface area contributed by atoms with Gasteiger partial charge in [0.2, 0.25) is 0 Å². The molecule has 21 heavy (non-hydrogen) atoms. The summed E-state index contributed by atoms with van der Waals surface area (Å²) in [6.07, 6.45) is -0.635. The molecule has 2 aliphatic rings. The van der Waals surface area contributed by atoms with Crippen molar-refractivity contribution in [2.24, 2.45) is 5.73 Å². The third-order valence-electron chi connectivity index (χ3n) is 3.96. The molecule has 0 bridgehead atoms. The van der Waals surface area contributed by atoms with E-state index < -0.39 is 12.1 Å². The first kappa shape index (κ1) is 13.6. The van der Waals surface area contributed by atoms with E-state index in [1.54, 1.807) is 24.3 Å². The summed E-state index contributed by atoms with van der Waals surface area (Å²) in [6.45, 7) is 0.273. The van der Waals surface area contributed by atoms with Gasteiger partial charge in [0.15, 0.2) is 0 Å². The number of imide groups is 1. The Morgan fingerprint density at radius 2 is 1.81 bits per heavy atom. The number of nitrogens with zero attached hydrogens (tertiary/aromatic N) is 2. The minimum atomic E-state index is -1.08. The second kappa shape index (κ2) is 4.85. The van der Waals surface area contributed by atoms with Crippen molar-refractivity contribution in [2.45, 2.75) is 18.5 Å². The van der Waals surface area contributed by atoms with E-state index >= 15 is 0 Å². The van der Waals surface area contributed by atoms with Gasteiger partial charge in [0.1, 0.15) is 0 Å².